The summed E-state index contributed by atoms with van der Waals surface area (Å²) in [7, 11) is 0. The summed E-state index contributed by atoms with van der Waals surface area (Å²) >= 11 is 0. The normalized spacial score (nSPS) is 18.3. The molecule has 1 atom stereocenters. The zero-order chi connectivity index (χ0) is 14.5. The van der Waals surface area contributed by atoms with Crippen molar-refractivity contribution in [3.63, 3.8) is 0 Å². The van der Waals surface area contributed by atoms with Gasteiger partial charge in [-0.2, -0.15) is 0 Å². The van der Waals surface area contributed by atoms with Crippen LogP contribution in [-0.2, 0) is 0 Å². The average Bonchev–Trinajstić information content (AvgIpc) is 2.48. The molecule has 0 spiro atoms. The number of nitrogens with one attached hydrogen (secondary N) is 2. The third-order valence-electron chi connectivity index (χ3n) is 4.62. The maximum Gasteiger partial charge on any atom is 0.00938 e. The number of rotatable bonds is 12. The minimum atomic E-state index is 0.776. The van der Waals surface area contributed by atoms with Gasteiger partial charge >= 0.3 is 0 Å². The van der Waals surface area contributed by atoms with Crippen LogP contribution in [0.4, 0.5) is 0 Å². The minimum absolute atomic E-state index is 0.776. The van der Waals surface area contributed by atoms with Gasteiger partial charge in [0.2, 0.25) is 0 Å². The molecule has 0 aromatic rings. The SMILES string of the molecule is CCCCCCC[C@@H](CCCCC)NC1CCNCC1. The molecule has 0 bridgehead atoms. The highest BCUT2D eigenvalue weighted by Gasteiger charge is 2.17. The topological polar surface area (TPSA) is 24.1 Å². The van der Waals surface area contributed by atoms with Crippen molar-refractivity contribution in [1.82, 2.24) is 10.6 Å². The van der Waals surface area contributed by atoms with Gasteiger partial charge in [0.05, 0.1) is 0 Å². The van der Waals surface area contributed by atoms with E-state index in [1.807, 2.05) is 0 Å². The average molecular weight is 283 g/mol. The summed E-state index contributed by atoms with van der Waals surface area (Å²) in [6.45, 7) is 7.01. The van der Waals surface area contributed by atoms with Crippen LogP contribution >= 0.6 is 0 Å². The molecule has 0 amide bonds. The number of hydrogen-bond donors (Lipinski definition) is 2. The van der Waals surface area contributed by atoms with Gasteiger partial charge in [0, 0.05) is 12.1 Å². The van der Waals surface area contributed by atoms with Gasteiger partial charge in [-0.15, -0.1) is 0 Å². The molecule has 0 radical (unpaired) electrons. The van der Waals surface area contributed by atoms with Crippen LogP contribution in [0.5, 0.6) is 0 Å². The van der Waals surface area contributed by atoms with Crippen molar-refractivity contribution in [2.24, 2.45) is 0 Å². The van der Waals surface area contributed by atoms with Crippen LogP contribution in [0.3, 0.4) is 0 Å². The Hall–Kier alpha value is -0.0800. The predicted octanol–water partition coefficient (Wildman–Crippen LogP) is 4.64. The Bertz CT molecular complexity index is 200. The molecule has 0 aliphatic carbocycles. The highest BCUT2D eigenvalue weighted by atomic mass is 15.0. The molecule has 2 heteroatoms. The van der Waals surface area contributed by atoms with E-state index >= 15 is 0 Å². The monoisotopic (exact) mass is 282 g/mol. The van der Waals surface area contributed by atoms with E-state index in [0.29, 0.717) is 0 Å². The standard InChI is InChI=1S/C18H38N2/c1-3-5-7-8-10-12-17(11-9-6-4-2)20-18-13-15-19-16-14-18/h17-20H,3-16H2,1-2H3/t17-/m1/s1. The summed E-state index contributed by atoms with van der Waals surface area (Å²) in [5.41, 5.74) is 0. The first kappa shape index (κ1) is 18.0. The summed E-state index contributed by atoms with van der Waals surface area (Å²) in [4.78, 5) is 0. The van der Waals surface area contributed by atoms with Gasteiger partial charge in [0.1, 0.15) is 0 Å². The van der Waals surface area contributed by atoms with Crippen molar-refractivity contribution in [2.75, 3.05) is 13.1 Å². The Morgan fingerprint density at radius 2 is 1.40 bits per heavy atom. The van der Waals surface area contributed by atoms with Crippen LogP contribution in [0.1, 0.15) is 90.9 Å². The fourth-order valence-electron chi connectivity index (χ4n) is 3.27. The van der Waals surface area contributed by atoms with Gasteiger partial charge in [-0.3, -0.25) is 0 Å². The van der Waals surface area contributed by atoms with E-state index < -0.39 is 0 Å². The molecule has 1 fully saturated rings. The van der Waals surface area contributed by atoms with E-state index in [1.165, 1.54) is 90.1 Å². The van der Waals surface area contributed by atoms with E-state index in [9.17, 15) is 0 Å². The second-order valence-corrected chi connectivity index (χ2v) is 6.59. The van der Waals surface area contributed by atoms with E-state index in [4.69, 9.17) is 0 Å². The molecule has 120 valence electrons. The molecule has 1 rings (SSSR count). The maximum absolute atomic E-state index is 3.97. The molecule has 2 N–H and O–H groups in total. The first-order valence-corrected chi connectivity index (χ1v) is 9.33. The molecule has 0 unspecified atom stereocenters. The lowest BCUT2D eigenvalue weighted by atomic mass is 9.98. The van der Waals surface area contributed by atoms with Crippen molar-refractivity contribution in [3.05, 3.63) is 0 Å². The molecule has 0 saturated carbocycles. The van der Waals surface area contributed by atoms with Crippen LogP contribution in [0, 0.1) is 0 Å². The lowest BCUT2D eigenvalue weighted by Crippen LogP contribution is -2.44. The van der Waals surface area contributed by atoms with Gasteiger partial charge in [-0.05, 0) is 38.8 Å². The molecule has 0 aromatic heterocycles. The first-order valence-electron chi connectivity index (χ1n) is 9.33. The Balaban J connectivity index is 2.19. The van der Waals surface area contributed by atoms with Gasteiger partial charge < -0.3 is 10.6 Å². The zero-order valence-corrected chi connectivity index (χ0v) is 14.1. The third kappa shape index (κ3) is 8.97. The number of piperidine rings is 1. The minimum Gasteiger partial charge on any atom is -0.317 e. The molecule has 0 aromatic carbocycles. The second-order valence-electron chi connectivity index (χ2n) is 6.59. The molecule has 1 aliphatic rings. The van der Waals surface area contributed by atoms with Crippen LogP contribution in [0.2, 0.25) is 0 Å². The van der Waals surface area contributed by atoms with Crippen LogP contribution < -0.4 is 10.6 Å². The van der Waals surface area contributed by atoms with Crippen molar-refractivity contribution in [1.29, 1.82) is 0 Å². The molecule has 2 nitrogen and oxygen atoms in total. The fourth-order valence-corrected chi connectivity index (χ4v) is 3.27. The summed E-state index contributed by atoms with van der Waals surface area (Å²) in [5.74, 6) is 0. The van der Waals surface area contributed by atoms with Crippen molar-refractivity contribution < 1.29 is 0 Å². The lowest BCUT2D eigenvalue weighted by Gasteiger charge is -2.29. The molecular weight excluding hydrogens is 244 g/mol. The summed E-state index contributed by atoms with van der Waals surface area (Å²) < 4.78 is 0. The number of hydrogen-bond acceptors (Lipinski definition) is 2. The molecule has 1 saturated heterocycles. The third-order valence-corrected chi connectivity index (χ3v) is 4.62. The summed E-state index contributed by atoms with van der Waals surface area (Å²) in [6, 6.07) is 1.56. The first-order chi connectivity index (χ1) is 9.86. The maximum atomic E-state index is 3.97. The van der Waals surface area contributed by atoms with Gasteiger partial charge in [0.25, 0.3) is 0 Å². The van der Waals surface area contributed by atoms with Gasteiger partial charge in [-0.1, -0.05) is 65.2 Å². The Labute approximate surface area is 127 Å². The summed E-state index contributed by atoms with van der Waals surface area (Å²) in [5, 5.41) is 7.43. The molecule has 1 heterocycles. The highest BCUT2D eigenvalue weighted by molar-refractivity contribution is 4.79. The van der Waals surface area contributed by atoms with E-state index in [2.05, 4.69) is 24.5 Å². The quantitative estimate of drug-likeness (QED) is 0.510. The van der Waals surface area contributed by atoms with Gasteiger partial charge in [-0.25, -0.2) is 0 Å². The zero-order valence-electron chi connectivity index (χ0n) is 14.1. The smallest absolute Gasteiger partial charge is 0.00938 e. The van der Waals surface area contributed by atoms with Crippen LogP contribution in [-0.4, -0.2) is 25.2 Å². The van der Waals surface area contributed by atoms with Crippen molar-refractivity contribution >= 4 is 0 Å². The lowest BCUT2D eigenvalue weighted by molar-refractivity contribution is 0.317. The van der Waals surface area contributed by atoms with Crippen LogP contribution in [0.15, 0.2) is 0 Å². The van der Waals surface area contributed by atoms with Crippen LogP contribution in [0.25, 0.3) is 0 Å². The molecule has 1 aliphatic heterocycles. The molecular formula is C18H38N2. The van der Waals surface area contributed by atoms with Crippen molar-refractivity contribution in [2.45, 2.75) is 103 Å². The van der Waals surface area contributed by atoms with E-state index in [1.54, 1.807) is 0 Å². The van der Waals surface area contributed by atoms with Crippen molar-refractivity contribution in [3.8, 4) is 0 Å². The van der Waals surface area contributed by atoms with E-state index in [0.717, 1.165) is 12.1 Å². The number of unbranched alkanes of at least 4 members (excludes halogenated alkanes) is 6. The highest BCUT2D eigenvalue weighted by Crippen LogP contribution is 2.15. The second kappa shape index (κ2) is 12.6. The Morgan fingerprint density at radius 1 is 0.850 bits per heavy atom. The Morgan fingerprint density at radius 3 is 2.05 bits per heavy atom. The fraction of sp³-hybridized carbons (Fsp3) is 1.00. The van der Waals surface area contributed by atoms with E-state index in [-0.39, 0.29) is 0 Å². The Kier molecular flexibility index (Phi) is 11.4. The largest absolute Gasteiger partial charge is 0.317 e. The van der Waals surface area contributed by atoms with Gasteiger partial charge in [0.15, 0.2) is 0 Å². The molecule has 20 heavy (non-hydrogen) atoms. The predicted molar refractivity (Wildman–Crippen MR) is 90.3 cm³/mol. The summed E-state index contributed by atoms with van der Waals surface area (Å²) in [6.07, 6.45) is 16.7.